The second kappa shape index (κ2) is 13.9. The van der Waals surface area contributed by atoms with E-state index in [4.69, 9.17) is 5.73 Å². The molecule has 0 unspecified atom stereocenters. The summed E-state index contributed by atoms with van der Waals surface area (Å²) in [6, 6.07) is 0. The van der Waals surface area contributed by atoms with Gasteiger partial charge in [0.15, 0.2) is 0 Å². The van der Waals surface area contributed by atoms with E-state index in [1.165, 1.54) is 64.2 Å². The van der Waals surface area contributed by atoms with Gasteiger partial charge in [0.25, 0.3) is 0 Å². The molecule has 18 heavy (non-hydrogen) atoms. The van der Waals surface area contributed by atoms with Gasteiger partial charge in [0.05, 0.1) is 0 Å². The molecule has 0 spiro atoms. The number of rotatable bonds is 12. The summed E-state index contributed by atoms with van der Waals surface area (Å²) in [5.74, 6) is 0. The summed E-state index contributed by atoms with van der Waals surface area (Å²) < 4.78 is 0. The molecule has 0 aromatic rings. The van der Waals surface area contributed by atoms with Gasteiger partial charge in [0, 0.05) is 5.54 Å². The fourth-order valence-corrected chi connectivity index (χ4v) is 2.39. The van der Waals surface area contributed by atoms with Gasteiger partial charge in [0.1, 0.15) is 0 Å². The van der Waals surface area contributed by atoms with Gasteiger partial charge >= 0.3 is 0 Å². The minimum atomic E-state index is 0. The Labute approximate surface area is 126 Å². The molecule has 0 radical (unpaired) electrons. The SMILES string of the molecule is Br.CCCCCCCCCCCC(N)(CC)CC. The molecule has 0 aliphatic heterocycles. The monoisotopic (exact) mass is 321 g/mol. The Morgan fingerprint density at radius 1 is 0.667 bits per heavy atom. The highest BCUT2D eigenvalue weighted by Crippen LogP contribution is 2.20. The second-order valence-electron chi connectivity index (χ2n) is 5.65. The van der Waals surface area contributed by atoms with Gasteiger partial charge < -0.3 is 5.73 Å². The van der Waals surface area contributed by atoms with Crippen molar-refractivity contribution < 1.29 is 0 Å². The number of nitrogens with two attached hydrogens (primary N) is 1. The maximum atomic E-state index is 6.29. The third kappa shape index (κ3) is 11.5. The van der Waals surface area contributed by atoms with Gasteiger partial charge in [-0.05, 0) is 19.3 Å². The summed E-state index contributed by atoms with van der Waals surface area (Å²) in [4.78, 5) is 0. The molecule has 2 N–H and O–H groups in total. The fraction of sp³-hybridized carbons (Fsp3) is 1.00. The predicted octanol–water partition coefficient (Wildman–Crippen LogP) is 6.00. The molecule has 0 atom stereocenters. The Morgan fingerprint density at radius 2 is 1.06 bits per heavy atom. The van der Waals surface area contributed by atoms with Crippen LogP contribution in [0.4, 0.5) is 0 Å². The van der Waals surface area contributed by atoms with Crippen LogP contribution < -0.4 is 5.73 Å². The van der Waals surface area contributed by atoms with E-state index in [1.54, 1.807) is 0 Å². The topological polar surface area (TPSA) is 26.0 Å². The van der Waals surface area contributed by atoms with Crippen LogP contribution in [0.25, 0.3) is 0 Å². The first-order valence-electron chi connectivity index (χ1n) is 7.97. The van der Waals surface area contributed by atoms with Crippen molar-refractivity contribution in [2.45, 2.75) is 103 Å². The molecular formula is C16H36BrN. The average molecular weight is 322 g/mol. The molecule has 2 heteroatoms. The zero-order valence-corrected chi connectivity index (χ0v) is 14.7. The van der Waals surface area contributed by atoms with Crippen molar-refractivity contribution in [1.29, 1.82) is 0 Å². The molecule has 0 amide bonds. The van der Waals surface area contributed by atoms with Gasteiger partial charge in [-0.15, -0.1) is 17.0 Å². The van der Waals surface area contributed by atoms with E-state index in [0.717, 1.165) is 12.8 Å². The lowest BCUT2D eigenvalue weighted by Gasteiger charge is -2.26. The van der Waals surface area contributed by atoms with E-state index in [1.807, 2.05) is 0 Å². The number of hydrogen-bond donors (Lipinski definition) is 1. The maximum Gasteiger partial charge on any atom is 0.0149 e. The molecule has 0 bridgehead atoms. The molecule has 0 aliphatic rings. The van der Waals surface area contributed by atoms with Gasteiger partial charge in [-0.2, -0.15) is 0 Å². The summed E-state index contributed by atoms with van der Waals surface area (Å²) in [6.07, 6.45) is 16.1. The third-order valence-corrected chi connectivity index (χ3v) is 4.19. The molecule has 0 fully saturated rings. The standard InChI is InChI=1S/C16H35N.BrH/c1-4-7-8-9-10-11-12-13-14-15-16(17,5-2)6-3;/h4-15,17H2,1-3H3;1H. The van der Waals surface area contributed by atoms with Crippen molar-refractivity contribution in [2.75, 3.05) is 0 Å². The van der Waals surface area contributed by atoms with Gasteiger partial charge in [0.2, 0.25) is 0 Å². The van der Waals surface area contributed by atoms with Gasteiger partial charge in [-0.3, -0.25) is 0 Å². The van der Waals surface area contributed by atoms with Crippen LogP contribution in [0.5, 0.6) is 0 Å². The largest absolute Gasteiger partial charge is 0.325 e. The minimum absolute atomic E-state index is 0. The van der Waals surface area contributed by atoms with Crippen molar-refractivity contribution in [3.63, 3.8) is 0 Å². The fourth-order valence-electron chi connectivity index (χ4n) is 2.39. The summed E-state index contributed by atoms with van der Waals surface area (Å²) in [7, 11) is 0. The Kier molecular flexibility index (Phi) is 16.0. The lowest BCUT2D eigenvalue weighted by atomic mass is 9.88. The normalized spacial score (nSPS) is 11.3. The highest BCUT2D eigenvalue weighted by atomic mass is 79.9. The first-order valence-corrected chi connectivity index (χ1v) is 7.97. The molecule has 0 rings (SSSR count). The van der Waals surface area contributed by atoms with Crippen LogP contribution in [0.1, 0.15) is 97.8 Å². The zero-order chi connectivity index (χ0) is 13.0. The molecule has 0 heterocycles. The Morgan fingerprint density at radius 3 is 1.44 bits per heavy atom. The zero-order valence-electron chi connectivity index (χ0n) is 13.0. The van der Waals surface area contributed by atoms with E-state index in [0.29, 0.717) is 0 Å². The lowest BCUT2D eigenvalue weighted by molar-refractivity contribution is 0.350. The highest BCUT2D eigenvalue weighted by Gasteiger charge is 2.18. The van der Waals surface area contributed by atoms with Crippen LogP contribution in [0, 0.1) is 0 Å². The van der Waals surface area contributed by atoms with E-state index in [-0.39, 0.29) is 22.5 Å². The lowest BCUT2D eigenvalue weighted by Crippen LogP contribution is -2.38. The van der Waals surface area contributed by atoms with Crippen molar-refractivity contribution in [3.05, 3.63) is 0 Å². The number of hydrogen-bond acceptors (Lipinski definition) is 1. The predicted molar refractivity (Wildman–Crippen MR) is 89.7 cm³/mol. The Bertz CT molecular complexity index is 155. The van der Waals surface area contributed by atoms with Crippen LogP contribution in [0.3, 0.4) is 0 Å². The summed E-state index contributed by atoms with van der Waals surface area (Å²) in [6.45, 7) is 6.72. The first-order chi connectivity index (χ1) is 8.18. The van der Waals surface area contributed by atoms with Crippen molar-refractivity contribution in [3.8, 4) is 0 Å². The highest BCUT2D eigenvalue weighted by molar-refractivity contribution is 8.93. The molecule has 1 nitrogen and oxygen atoms in total. The van der Waals surface area contributed by atoms with Crippen LogP contribution in [0.2, 0.25) is 0 Å². The molecule has 0 aromatic carbocycles. The second-order valence-corrected chi connectivity index (χ2v) is 5.65. The number of unbranched alkanes of at least 4 members (excludes halogenated alkanes) is 8. The van der Waals surface area contributed by atoms with Crippen LogP contribution in [-0.2, 0) is 0 Å². The third-order valence-electron chi connectivity index (χ3n) is 4.19. The molecule has 0 aliphatic carbocycles. The van der Waals surface area contributed by atoms with Gasteiger partial charge in [-0.25, -0.2) is 0 Å². The van der Waals surface area contributed by atoms with E-state index >= 15 is 0 Å². The maximum absolute atomic E-state index is 6.29. The average Bonchev–Trinajstić information content (AvgIpc) is 2.36. The Balaban J connectivity index is 0. The van der Waals surface area contributed by atoms with E-state index in [9.17, 15) is 0 Å². The smallest absolute Gasteiger partial charge is 0.0149 e. The number of halogens is 1. The summed E-state index contributed by atoms with van der Waals surface area (Å²) in [5, 5.41) is 0. The van der Waals surface area contributed by atoms with Crippen molar-refractivity contribution in [1.82, 2.24) is 0 Å². The molecule has 0 saturated carbocycles. The summed E-state index contributed by atoms with van der Waals surface area (Å²) in [5.41, 5.74) is 6.42. The first kappa shape index (κ1) is 20.8. The van der Waals surface area contributed by atoms with E-state index in [2.05, 4.69) is 20.8 Å². The Hall–Kier alpha value is 0.440. The molecular weight excluding hydrogens is 286 g/mol. The summed E-state index contributed by atoms with van der Waals surface area (Å²) >= 11 is 0. The minimum Gasteiger partial charge on any atom is -0.325 e. The van der Waals surface area contributed by atoms with Gasteiger partial charge in [-0.1, -0.05) is 78.6 Å². The molecule has 0 aromatic heterocycles. The quantitative estimate of drug-likeness (QED) is 0.438. The van der Waals surface area contributed by atoms with Crippen molar-refractivity contribution >= 4 is 17.0 Å². The van der Waals surface area contributed by atoms with Crippen LogP contribution in [0.15, 0.2) is 0 Å². The van der Waals surface area contributed by atoms with Crippen molar-refractivity contribution in [2.24, 2.45) is 5.73 Å². The molecule has 112 valence electrons. The van der Waals surface area contributed by atoms with Crippen LogP contribution in [-0.4, -0.2) is 5.54 Å². The van der Waals surface area contributed by atoms with E-state index < -0.39 is 0 Å². The molecule has 0 saturated heterocycles. The van der Waals surface area contributed by atoms with Crippen LogP contribution >= 0.6 is 17.0 Å².